The van der Waals surface area contributed by atoms with Crippen LogP contribution in [0, 0.1) is 5.92 Å². The molecule has 0 radical (unpaired) electrons. The third kappa shape index (κ3) is 4.53. The Kier molecular flexibility index (Phi) is 5.61. The third-order valence-electron chi connectivity index (χ3n) is 4.89. The minimum absolute atomic E-state index is 0.129. The van der Waals surface area contributed by atoms with Crippen LogP contribution >= 0.6 is 11.6 Å². The molecule has 1 saturated heterocycles. The molecular weight excluding hydrogens is 336 g/mol. The van der Waals surface area contributed by atoms with E-state index in [2.05, 4.69) is 0 Å². The summed E-state index contributed by atoms with van der Waals surface area (Å²) < 4.78 is 0. The maximum atomic E-state index is 12.5. The molecule has 2 aromatic rings. The van der Waals surface area contributed by atoms with Crippen molar-refractivity contribution in [3.8, 4) is 0 Å². The smallest absolute Gasteiger partial charge is 0.226 e. The van der Waals surface area contributed by atoms with Gasteiger partial charge in [-0.1, -0.05) is 35.9 Å². The summed E-state index contributed by atoms with van der Waals surface area (Å²) in [5, 5.41) is 11.2. The standard InChI is InChI=1S/C20H23ClN2O2/c21-17-5-3-15(4-6-17)20(25)16-9-11-23(12-10-16)19(24)13-14-1-7-18(22)8-2-14/h1-8,16,20,25H,9-13,22H2. The molecule has 1 aliphatic heterocycles. The molecule has 3 rings (SSSR count). The zero-order valence-corrected chi connectivity index (χ0v) is 14.8. The second-order valence-corrected chi connectivity index (χ2v) is 7.07. The number of likely N-dealkylation sites (tertiary alicyclic amines) is 1. The molecule has 1 amide bonds. The van der Waals surface area contributed by atoms with Gasteiger partial charge in [-0.15, -0.1) is 0 Å². The van der Waals surface area contributed by atoms with Crippen molar-refractivity contribution in [2.45, 2.75) is 25.4 Å². The van der Waals surface area contributed by atoms with Crippen LogP contribution in [0.3, 0.4) is 0 Å². The molecule has 3 N–H and O–H groups in total. The van der Waals surface area contributed by atoms with E-state index in [1.54, 1.807) is 12.1 Å². The molecule has 1 aliphatic rings. The summed E-state index contributed by atoms with van der Waals surface area (Å²) in [7, 11) is 0. The van der Waals surface area contributed by atoms with Crippen molar-refractivity contribution in [3.05, 3.63) is 64.7 Å². The third-order valence-corrected chi connectivity index (χ3v) is 5.14. The van der Waals surface area contributed by atoms with Crippen LogP contribution in [0.4, 0.5) is 5.69 Å². The number of hydrogen-bond acceptors (Lipinski definition) is 3. The Morgan fingerprint density at radius 1 is 1.12 bits per heavy atom. The van der Waals surface area contributed by atoms with Crippen LogP contribution in [-0.2, 0) is 11.2 Å². The van der Waals surface area contributed by atoms with Crippen molar-refractivity contribution in [2.75, 3.05) is 18.8 Å². The lowest BCUT2D eigenvalue weighted by atomic mass is 9.87. The van der Waals surface area contributed by atoms with Gasteiger partial charge in [-0.05, 0) is 54.2 Å². The van der Waals surface area contributed by atoms with Crippen LogP contribution < -0.4 is 5.73 Å². The van der Waals surface area contributed by atoms with Crippen molar-refractivity contribution >= 4 is 23.2 Å². The Morgan fingerprint density at radius 3 is 2.32 bits per heavy atom. The number of aliphatic hydroxyl groups excluding tert-OH is 1. The Balaban J connectivity index is 1.53. The highest BCUT2D eigenvalue weighted by Gasteiger charge is 2.28. The van der Waals surface area contributed by atoms with Crippen molar-refractivity contribution < 1.29 is 9.90 Å². The van der Waals surface area contributed by atoms with Crippen molar-refractivity contribution in [3.63, 3.8) is 0 Å². The fraction of sp³-hybridized carbons (Fsp3) is 0.350. The van der Waals surface area contributed by atoms with Crippen LogP contribution in [0.25, 0.3) is 0 Å². The molecule has 1 fully saturated rings. The molecule has 0 bridgehead atoms. The average molecular weight is 359 g/mol. The van der Waals surface area contributed by atoms with Gasteiger partial charge >= 0.3 is 0 Å². The predicted molar refractivity (Wildman–Crippen MR) is 100 cm³/mol. The number of rotatable bonds is 4. The first-order valence-electron chi connectivity index (χ1n) is 8.58. The summed E-state index contributed by atoms with van der Waals surface area (Å²) in [5.41, 5.74) is 8.24. The first kappa shape index (κ1) is 17.8. The number of nitrogens with two attached hydrogens (primary N) is 1. The molecule has 0 aromatic heterocycles. The van der Waals surface area contributed by atoms with E-state index in [1.165, 1.54) is 0 Å². The molecule has 25 heavy (non-hydrogen) atoms. The SMILES string of the molecule is Nc1ccc(CC(=O)N2CCC(C(O)c3ccc(Cl)cc3)CC2)cc1. The van der Waals surface area contributed by atoms with Gasteiger partial charge in [-0.25, -0.2) is 0 Å². The number of nitrogens with zero attached hydrogens (tertiary/aromatic N) is 1. The summed E-state index contributed by atoms with van der Waals surface area (Å²) in [6.45, 7) is 1.37. The Morgan fingerprint density at radius 2 is 1.72 bits per heavy atom. The summed E-state index contributed by atoms with van der Waals surface area (Å²) in [6.07, 6.45) is 1.49. The maximum Gasteiger partial charge on any atom is 0.226 e. The fourth-order valence-corrected chi connectivity index (χ4v) is 3.44. The van der Waals surface area contributed by atoms with Gasteiger partial charge in [0.2, 0.25) is 5.91 Å². The first-order valence-corrected chi connectivity index (χ1v) is 8.96. The van der Waals surface area contributed by atoms with Crippen molar-refractivity contribution in [1.82, 2.24) is 4.90 Å². The highest BCUT2D eigenvalue weighted by Crippen LogP contribution is 2.31. The zero-order valence-electron chi connectivity index (χ0n) is 14.1. The number of hydrogen-bond donors (Lipinski definition) is 2. The Labute approximate surface area is 153 Å². The van der Waals surface area contributed by atoms with Crippen LogP contribution in [0.1, 0.15) is 30.1 Å². The van der Waals surface area contributed by atoms with Crippen LogP contribution in [0.2, 0.25) is 5.02 Å². The van der Waals surface area contributed by atoms with Gasteiger partial charge in [0.15, 0.2) is 0 Å². The van der Waals surface area contributed by atoms with Gasteiger partial charge in [0.25, 0.3) is 0 Å². The minimum Gasteiger partial charge on any atom is -0.399 e. The molecule has 5 heteroatoms. The van der Waals surface area contributed by atoms with Crippen molar-refractivity contribution in [1.29, 1.82) is 0 Å². The van der Waals surface area contributed by atoms with Gasteiger partial charge in [0.1, 0.15) is 0 Å². The maximum absolute atomic E-state index is 12.5. The highest BCUT2D eigenvalue weighted by molar-refractivity contribution is 6.30. The Hall–Kier alpha value is -2.04. The van der Waals surface area contributed by atoms with E-state index in [0.717, 1.165) is 24.0 Å². The zero-order chi connectivity index (χ0) is 17.8. The quantitative estimate of drug-likeness (QED) is 0.823. The molecule has 0 saturated carbocycles. The van der Waals surface area contributed by atoms with E-state index >= 15 is 0 Å². The monoisotopic (exact) mass is 358 g/mol. The number of benzene rings is 2. The molecule has 132 valence electrons. The molecular formula is C20H23ClN2O2. The molecule has 2 aromatic carbocycles. The molecule has 4 nitrogen and oxygen atoms in total. The number of amides is 1. The van der Waals surface area contributed by atoms with Crippen LogP contribution in [0.15, 0.2) is 48.5 Å². The first-order chi connectivity index (χ1) is 12.0. The van der Waals surface area contributed by atoms with Crippen LogP contribution in [-0.4, -0.2) is 29.0 Å². The largest absolute Gasteiger partial charge is 0.399 e. The summed E-state index contributed by atoms with van der Waals surface area (Å²) in [4.78, 5) is 14.3. The second kappa shape index (κ2) is 7.89. The lowest BCUT2D eigenvalue weighted by molar-refractivity contribution is -0.132. The van der Waals surface area contributed by atoms with E-state index in [1.807, 2.05) is 41.3 Å². The molecule has 1 heterocycles. The summed E-state index contributed by atoms with van der Waals surface area (Å²) >= 11 is 5.90. The van der Waals surface area contributed by atoms with E-state index in [-0.39, 0.29) is 11.8 Å². The highest BCUT2D eigenvalue weighted by atomic mass is 35.5. The number of piperidine rings is 1. The average Bonchev–Trinajstić information content (AvgIpc) is 2.64. The number of halogens is 1. The topological polar surface area (TPSA) is 66.6 Å². The van der Waals surface area contributed by atoms with E-state index in [4.69, 9.17) is 17.3 Å². The summed E-state index contributed by atoms with van der Waals surface area (Å²) in [6, 6.07) is 14.7. The normalized spacial score (nSPS) is 16.6. The lowest BCUT2D eigenvalue weighted by Crippen LogP contribution is -2.40. The number of aliphatic hydroxyl groups is 1. The number of nitrogen functional groups attached to an aromatic ring is 1. The molecule has 0 aliphatic carbocycles. The van der Waals surface area contributed by atoms with Gasteiger partial charge in [0.05, 0.1) is 12.5 Å². The van der Waals surface area contributed by atoms with Gasteiger partial charge < -0.3 is 15.7 Å². The predicted octanol–water partition coefficient (Wildman–Crippen LogP) is 3.44. The fourth-order valence-electron chi connectivity index (χ4n) is 3.32. The molecule has 0 spiro atoms. The van der Waals surface area contributed by atoms with Crippen molar-refractivity contribution in [2.24, 2.45) is 5.92 Å². The van der Waals surface area contributed by atoms with Gasteiger partial charge in [-0.3, -0.25) is 4.79 Å². The Bertz CT molecular complexity index is 707. The van der Waals surface area contributed by atoms with E-state index in [9.17, 15) is 9.90 Å². The number of anilines is 1. The molecule has 1 unspecified atom stereocenters. The van der Waals surface area contributed by atoms with Gasteiger partial charge in [-0.2, -0.15) is 0 Å². The minimum atomic E-state index is -0.508. The van der Waals surface area contributed by atoms with E-state index in [0.29, 0.717) is 30.2 Å². The van der Waals surface area contributed by atoms with Crippen LogP contribution in [0.5, 0.6) is 0 Å². The lowest BCUT2D eigenvalue weighted by Gasteiger charge is -2.34. The number of carbonyl (C=O) groups excluding carboxylic acids is 1. The van der Waals surface area contributed by atoms with Gasteiger partial charge in [0, 0.05) is 23.8 Å². The van der Waals surface area contributed by atoms with E-state index < -0.39 is 6.10 Å². The molecule has 1 atom stereocenters. The second-order valence-electron chi connectivity index (χ2n) is 6.63. The summed E-state index contributed by atoms with van der Waals surface area (Å²) in [5.74, 6) is 0.297. The number of carbonyl (C=O) groups is 1.